The third-order valence-electron chi connectivity index (χ3n) is 0. The van der Waals surface area contributed by atoms with Gasteiger partial charge < -0.3 is 32.9 Å². The van der Waals surface area contributed by atoms with Crippen LogP contribution in [0.15, 0.2) is 0 Å². The van der Waals surface area contributed by atoms with E-state index < -0.39 is 10.4 Å². The quantitative estimate of drug-likeness (QED) is 0.321. The molecule has 0 aliphatic rings. The van der Waals surface area contributed by atoms with Crippen molar-refractivity contribution < 1.29 is 50.4 Å². The van der Waals surface area contributed by atoms with Gasteiger partial charge in [-0.05, 0) is 0 Å². The minimum Gasteiger partial charge on any atom is 0.316 e. The molecule has 0 aromatic carbocycles. The van der Waals surface area contributed by atoms with Gasteiger partial charge in [0.2, 0.25) is 0 Å². The first kappa shape index (κ1) is 81.3. The Morgan fingerprint density at radius 2 is 0.692 bits per heavy atom. The van der Waals surface area contributed by atoms with Crippen molar-refractivity contribution in [1.82, 2.24) is 0 Å². The molecule has 0 radical (unpaired) electrons. The molecule has 0 atom stereocenters. The van der Waals surface area contributed by atoms with Gasteiger partial charge >= 0.3 is 84.8 Å². The fourth-order valence-corrected chi connectivity index (χ4v) is 0. The van der Waals surface area contributed by atoms with E-state index in [0.717, 1.165) is 0 Å². The molecule has 13 heavy (non-hydrogen) atoms. The van der Waals surface area contributed by atoms with Crippen molar-refractivity contribution in [3.63, 3.8) is 0 Å². The first-order valence-corrected chi connectivity index (χ1v) is 2.10. The Kier molecular flexibility index (Phi) is 231. The van der Waals surface area contributed by atoms with Gasteiger partial charge in [0.25, 0.3) is 0 Å². The number of rotatable bonds is 0. The summed E-state index contributed by atoms with van der Waals surface area (Å²) in [6.45, 7) is 0. The second-order valence-electron chi connectivity index (χ2n) is 0.448. The molecule has 0 bridgehead atoms. The molecule has 10 nitrogen and oxygen atoms in total. The van der Waals surface area contributed by atoms with Crippen LogP contribution in [0.4, 0.5) is 0 Å². The van der Waals surface area contributed by atoms with Crippen molar-refractivity contribution in [2.24, 2.45) is 0 Å². The van der Waals surface area contributed by atoms with E-state index >= 15 is 0 Å². The molecule has 13 heteroatoms. The van der Waals surface area contributed by atoms with Gasteiger partial charge in [-0.15, -0.1) is 0 Å². The Balaban J connectivity index is -0.00000000286. The average molecular weight is 273 g/mol. The third-order valence-corrected chi connectivity index (χ3v) is 0. The summed E-state index contributed by atoms with van der Waals surface area (Å²) < 4.78 is 31.6. The molecule has 0 saturated carbocycles. The van der Waals surface area contributed by atoms with Gasteiger partial charge in [0, 0.05) is 0 Å². The van der Waals surface area contributed by atoms with Gasteiger partial charge in [0.1, 0.15) is 0 Å². The van der Waals surface area contributed by atoms with Crippen molar-refractivity contribution in [1.29, 1.82) is 0 Å². The number of hydrogen-bond acceptors (Lipinski definition) is 2. The van der Waals surface area contributed by atoms with Gasteiger partial charge in [-0.1, -0.05) is 0 Å². The van der Waals surface area contributed by atoms with E-state index in [9.17, 15) is 0 Å². The summed E-state index contributed by atoms with van der Waals surface area (Å²) in [5.74, 6) is 0. The van der Waals surface area contributed by atoms with E-state index in [-0.39, 0.29) is 107 Å². The average Bonchev–Trinajstić information content (AvgIpc) is 0.722. The molecule has 0 amide bonds. The zero-order chi connectivity index (χ0) is 4.50. The summed E-state index contributed by atoms with van der Waals surface area (Å²) >= 11 is 0. The zero-order valence-electron chi connectivity index (χ0n) is 5.12. The van der Waals surface area contributed by atoms with E-state index in [0.29, 0.717) is 0 Å². The standard InChI is InChI=1S/K.Mg.H2O4S.6H2O.3H/c;;1-5(2,3)4;;;;;;;;;/h;;(H2,1,2,3,4);6*1H2;;;. The van der Waals surface area contributed by atoms with Gasteiger partial charge in [-0.3, -0.25) is 9.11 Å². The molecule has 0 heterocycles. The largest absolute Gasteiger partial charge is 0.316 e. The summed E-state index contributed by atoms with van der Waals surface area (Å²) in [5, 5.41) is 0. The first-order chi connectivity index (χ1) is 2.00. The summed E-state index contributed by atoms with van der Waals surface area (Å²) in [6, 6.07) is 0. The van der Waals surface area contributed by atoms with Gasteiger partial charge in [-0.25, -0.2) is 0 Å². The van der Waals surface area contributed by atoms with Crippen LogP contribution in [0.5, 0.6) is 0 Å². The van der Waals surface area contributed by atoms with Crippen LogP contribution in [-0.4, -0.2) is 125 Å². The van der Waals surface area contributed by atoms with Crippen LogP contribution in [-0.2, 0) is 10.4 Å². The smallest absolute Gasteiger partial charge is 0.316 e. The topological polar surface area (TPSA) is 264 Å². The van der Waals surface area contributed by atoms with Crippen molar-refractivity contribution in [2.75, 3.05) is 0 Å². The normalized spacial score (nSPS) is 4.46. The molecule has 14 N–H and O–H groups in total. The van der Waals surface area contributed by atoms with Crippen LogP contribution in [0.3, 0.4) is 0 Å². The fourth-order valence-electron chi connectivity index (χ4n) is 0. The second-order valence-corrected chi connectivity index (χ2v) is 1.34. The summed E-state index contributed by atoms with van der Waals surface area (Å²) in [4.78, 5) is 0. The molecular weight excluding hydrogens is 255 g/mol. The Labute approximate surface area is 133 Å². The molecule has 0 aromatic heterocycles. The zero-order valence-corrected chi connectivity index (χ0v) is 5.94. The Hall–Kier alpha value is 2.03. The van der Waals surface area contributed by atoms with E-state index in [4.69, 9.17) is 17.5 Å². The molecule has 0 fully saturated rings. The second kappa shape index (κ2) is 36.9. The van der Waals surface area contributed by atoms with Crippen molar-refractivity contribution >= 4 is 84.8 Å². The molecule has 0 spiro atoms. The van der Waals surface area contributed by atoms with Crippen molar-refractivity contribution in [3.8, 4) is 0 Å². The van der Waals surface area contributed by atoms with Crippen LogP contribution in [0.2, 0.25) is 0 Å². The maximum absolute atomic E-state index is 8.74. The molecule has 0 saturated heterocycles. The number of hydrogen-bond donors (Lipinski definition) is 2. The first-order valence-electron chi connectivity index (χ1n) is 0.698. The van der Waals surface area contributed by atoms with E-state index in [1.165, 1.54) is 0 Å². The molecule has 0 rings (SSSR count). The monoisotopic (exact) mass is 272 g/mol. The molecule has 86 valence electrons. The summed E-state index contributed by atoms with van der Waals surface area (Å²) in [7, 11) is -4.67. The SMILES string of the molecule is O.O.O.O.O.O.O=S(=O)(O)O.[KH].[MgH2]. The Morgan fingerprint density at radius 3 is 0.692 bits per heavy atom. The molecule has 0 aromatic rings. The molecule has 0 aliphatic carbocycles. The van der Waals surface area contributed by atoms with Crippen LogP contribution >= 0.6 is 0 Å². The minimum atomic E-state index is -4.67. The van der Waals surface area contributed by atoms with E-state index in [1.54, 1.807) is 0 Å². The summed E-state index contributed by atoms with van der Waals surface area (Å²) in [6.07, 6.45) is 0. The van der Waals surface area contributed by atoms with Crippen molar-refractivity contribution in [2.45, 2.75) is 0 Å². The summed E-state index contributed by atoms with van der Waals surface area (Å²) in [5.41, 5.74) is 0. The third kappa shape index (κ3) is 492. The fraction of sp³-hybridized carbons (Fsp3) is 0. The predicted molar refractivity (Wildman–Crippen MR) is 51.6 cm³/mol. The minimum absolute atomic E-state index is 0. The molecular formula is H17KMgO10S. The molecule has 0 aliphatic heterocycles. The van der Waals surface area contributed by atoms with E-state index in [1.807, 2.05) is 0 Å². The molecule has 0 unspecified atom stereocenters. The van der Waals surface area contributed by atoms with Crippen LogP contribution in [0, 0.1) is 0 Å². The Morgan fingerprint density at radius 1 is 0.692 bits per heavy atom. The predicted octanol–water partition coefficient (Wildman–Crippen LogP) is -7.17. The van der Waals surface area contributed by atoms with Gasteiger partial charge in [-0.2, -0.15) is 8.42 Å². The van der Waals surface area contributed by atoms with Gasteiger partial charge in [0.05, 0.1) is 0 Å². The maximum Gasteiger partial charge on any atom is 0.316 e. The van der Waals surface area contributed by atoms with Gasteiger partial charge in [0.15, 0.2) is 0 Å². The van der Waals surface area contributed by atoms with E-state index in [2.05, 4.69) is 0 Å². The van der Waals surface area contributed by atoms with Crippen LogP contribution in [0.1, 0.15) is 0 Å². The Bertz CT molecular complexity index is 98.1. The van der Waals surface area contributed by atoms with Crippen LogP contribution < -0.4 is 0 Å². The van der Waals surface area contributed by atoms with Crippen molar-refractivity contribution in [3.05, 3.63) is 0 Å². The van der Waals surface area contributed by atoms with Crippen LogP contribution in [0.25, 0.3) is 0 Å². The maximum atomic E-state index is 8.74.